The van der Waals surface area contributed by atoms with Gasteiger partial charge in [0.2, 0.25) is 5.91 Å². The number of amides is 1. The molecule has 1 atom stereocenters. The van der Waals surface area contributed by atoms with Gasteiger partial charge in [-0.1, -0.05) is 35.9 Å². The van der Waals surface area contributed by atoms with Crippen LogP contribution in [0.1, 0.15) is 40.4 Å². The van der Waals surface area contributed by atoms with Crippen molar-refractivity contribution in [2.45, 2.75) is 25.3 Å². The maximum Gasteiger partial charge on any atom is 0.335 e. The van der Waals surface area contributed by atoms with Crippen molar-refractivity contribution in [1.82, 2.24) is 5.32 Å². The smallest absolute Gasteiger partial charge is 0.335 e. The Morgan fingerprint density at radius 2 is 1.96 bits per heavy atom. The molecule has 0 fully saturated rings. The lowest BCUT2D eigenvalue weighted by atomic mass is 10.00. The minimum absolute atomic E-state index is 0.0554. The van der Waals surface area contributed by atoms with Crippen LogP contribution in [-0.4, -0.2) is 23.6 Å². The number of ether oxygens (including phenoxy) is 1. The number of rotatable bonds is 5. The molecule has 2 aromatic rings. The molecule has 25 heavy (non-hydrogen) atoms. The fraction of sp³-hybridized carbons (Fsp3) is 0.263. The highest BCUT2D eigenvalue weighted by molar-refractivity contribution is 6.32. The molecule has 1 heterocycles. The fourth-order valence-corrected chi connectivity index (χ4v) is 3.11. The highest BCUT2D eigenvalue weighted by atomic mass is 35.5. The van der Waals surface area contributed by atoms with Gasteiger partial charge in [-0.05, 0) is 30.2 Å². The Hall–Kier alpha value is -2.53. The minimum Gasteiger partial charge on any atom is -0.492 e. The van der Waals surface area contributed by atoms with Crippen molar-refractivity contribution >= 4 is 23.5 Å². The molecule has 2 N–H and O–H groups in total. The summed E-state index contributed by atoms with van der Waals surface area (Å²) < 4.78 is 5.59. The first-order valence-corrected chi connectivity index (χ1v) is 8.45. The van der Waals surface area contributed by atoms with E-state index in [-0.39, 0.29) is 17.5 Å². The van der Waals surface area contributed by atoms with E-state index in [4.69, 9.17) is 21.4 Å². The number of carbonyl (C=O) groups is 2. The van der Waals surface area contributed by atoms with Crippen LogP contribution in [0.4, 0.5) is 0 Å². The van der Waals surface area contributed by atoms with Gasteiger partial charge in [0, 0.05) is 18.4 Å². The summed E-state index contributed by atoms with van der Waals surface area (Å²) in [6.45, 7) is 0.512. The number of nitrogens with one attached hydrogen (secondary N) is 1. The number of halogens is 1. The summed E-state index contributed by atoms with van der Waals surface area (Å²) in [5.41, 5.74) is 2.07. The summed E-state index contributed by atoms with van der Waals surface area (Å²) in [5, 5.41) is 12.5. The van der Waals surface area contributed by atoms with Crippen molar-refractivity contribution < 1.29 is 19.4 Å². The van der Waals surface area contributed by atoms with Crippen LogP contribution in [0.5, 0.6) is 5.75 Å². The molecule has 1 aliphatic rings. The van der Waals surface area contributed by atoms with E-state index in [9.17, 15) is 9.59 Å². The molecule has 1 amide bonds. The number of carboxylic acid groups (broad SMARTS) is 1. The Kier molecular flexibility index (Phi) is 5.24. The van der Waals surface area contributed by atoms with Crippen LogP contribution in [0.3, 0.4) is 0 Å². The Morgan fingerprint density at radius 1 is 1.20 bits per heavy atom. The van der Waals surface area contributed by atoms with Gasteiger partial charge in [0.1, 0.15) is 5.75 Å². The van der Waals surface area contributed by atoms with Crippen molar-refractivity contribution in [3.8, 4) is 5.75 Å². The van der Waals surface area contributed by atoms with E-state index in [1.54, 1.807) is 30.3 Å². The zero-order valence-corrected chi connectivity index (χ0v) is 14.3. The number of aryl methyl sites for hydroxylation is 1. The molecule has 1 aliphatic heterocycles. The number of para-hydroxylation sites is 1. The molecule has 6 heteroatoms. The van der Waals surface area contributed by atoms with Crippen LogP contribution < -0.4 is 10.1 Å². The molecular weight excluding hydrogens is 342 g/mol. The van der Waals surface area contributed by atoms with E-state index < -0.39 is 5.97 Å². The second kappa shape index (κ2) is 7.57. The predicted molar refractivity (Wildman–Crippen MR) is 94.2 cm³/mol. The first-order valence-electron chi connectivity index (χ1n) is 8.07. The lowest BCUT2D eigenvalue weighted by molar-refractivity contribution is -0.122. The van der Waals surface area contributed by atoms with E-state index in [0.717, 1.165) is 11.1 Å². The van der Waals surface area contributed by atoms with Gasteiger partial charge in [0.25, 0.3) is 0 Å². The normalized spacial score (nSPS) is 15.8. The molecule has 5 nitrogen and oxygen atoms in total. The summed E-state index contributed by atoms with van der Waals surface area (Å²) in [6, 6.07) is 12.0. The van der Waals surface area contributed by atoms with Crippen molar-refractivity contribution in [3.05, 3.63) is 64.2 Å². The molecule has 0 aromatic heterocycles. The zero-order chi connectivity index (χ0) is 17.8. The molecule has 0 spiro atoms. The number of carboxylic acids is 1. The maximum absolute atomic E-state index is 12.3. The van der Waals surface area contributed by atoms with E-state index >= 15 is 0 Å². The van der Waals surface area contributed by atoms with Gasteiger partial charge in [0.05, 0.1) is 23.2 Å². The van der Waals surface area contributed by atoms with E-state index in [0.29, 0.717) is 36.6 Å². The first-order chi connectivity index (χ1) is 12.0. The molecule has 2 aromatic carbocycles. The molecule has 130 valence electrons. The quantitative estimate of drug-likeness (QED) is 0.855. The van der Waals surface area contributed by atoms with Crippen LogP contribution >= 0.6 is 11.6 Å². The second-order valence-electron chi connectivity index (χ2n) is 5.92. The third-order valence-electron chi connectivity index (χ3n) is 4.20. The standard InChI is InChI=1S/C19H18ClNO4/c20-15-3-1-2-14-16(10-11-25-18(14)15)21-17(22)9-6-12-4-7-13(8-5-12)19(23)24/h1-5,7-8,16H,6,9-11H2,(H,21,22)(H,23,24). The Balaban J connectivity index is 1.59. The third kappa shape index (κ3) is 4.12. The number of hydrogen-bond donors (Lipinski definition) is 2. The number of aromatic carboxylic acids is 1. The van der Waals surface area contributed by atoms with Crippen molar-refractivity contribution in [2.75, 3.05) is 6.61 Å². The van der Waals surface area contributed by atoms with E-state index in [2.05, 4.69) is 5.32 Å². The van der Waals surface area contributed by atoms with Crippen LogP contribution in [-0.2, 0) is 11.2 Å². The first kappa shape index (κ1) is 17.3. The zero-order valence-electron chi connectivity index (χ0n) is 13.5. The lowest BCUT2D eigenvalue weighted by Crippen LogP contribution is -2.32. The highest BCUT2D eigenvalue weighted by Crippen LogP contribution is 2.37. The Labute approximate surface area is 150 Å². The van der Waals surface area contributed by atoms with Crippen molar-refractivity contribution in [2.24, 2.45) is 0 Å². The van der Waals surface area contributed by atoms with Crippen LogP contribution in [0, 0.1) is 0 Å². The number of hydrogen-bond acceptors (Lipinski definition) is 3. The fourth-order valence-electron chi connectivity index (χ4n) is 2.87. The molecule has 0 saturated carbocycles. The molecule has 1 unspecified atom stereocenters. The summed E-state index contributed by atoms with van der Waals surface area (Å²) >= 11 is 6.14. The monoisotopic (exact) mass is 359 g/mol. The summed E-state index contributed by atoms with van der Waals surface area (Å²) in [7, 11) is 0. The summed E-state index contributed by atoms with van der Waals surface area (Å²) in [5.74, 6) is -0.369. The third-order valence-corrected chi connectivity index (χ3v) is 4.50. The van der Waals surface area contributed by atoms with Gasteiger partial charge >= 0.3 is 5.97 Å². The lowest BCUT2D eigenvalue weighted by Gasteiger charge is -2.27. The average molecular weight is 360 g/mol. The van der Waals surface area contributed by atoms with Gasteiger partial charge in [-0.15, -0.1) is 0 Å². The van der Waals surface area contributed by atoms with Gasteiger partial charge in [-0.2, -0.15) is 0 Å². The summed E-state index contributed by atoms with van der Waals surface area (Å²) in [6.07, 6.45) is 1.59. The van der Waals surface area contributed by atoms with Gasteiger partial charge in [0.15, 0.2) is 0 Å². The molecule has 0 saturated heterocycles. The topological polar surface area (TPSA) is 75.6 Å². The Bertz CT molecular complexity index is 789. The maximum atomic E-state index is 12.3. The molecular formula is C19H18ClNO4. The Morgan fingerprint density at radius 3 is 2.68 bits per heavy atom. The predicted octanol–water partition coefficient (Wildman–Crippen LogP) is 3.61. The van der Waals surface area contributed by atoms with E-state index in [1.807, 2.05) is 12.1 Å². The minimum atomic E-state index is -0.957. The number of fused-ring (bicyclic) bond motifs is 1. The van der Waals surface area contributed by atoms with Crippen molar-refractivity contribution in [3.63, 3.8) is 0 Å². The SMILES string of the molecule is O=C(CCc1ccc(C(=O)O)cc1)NC1CCOc2c(Cl)cccc21. The average Bonchev–Trinajstić information content (AvgIpc) is 2.61. The second-order valence-corrected chi connectivity index (χ2v) is 6.32. The van der Waals surface area contributed by atoms with Gasteiger partial charge in [-0.3, -0.25) is 4.79 Å². The summed E-state index contributed by atoms with van der Waals surface area (Å²) in [4.78, 5) is 23.1. The van der Waals surface area contributed by atoms with Crippen LogP contribution in [0.25, 0.3) is 0 Å². The van der Waals surface area contributed by atoms with Gasteiger partial charge < -0.3 is 15.2 Å². The molecule has 3 rings (SSSR count). The molecule has 0 aliphatic carbocycles. The van der Waals surface area contributed by atoms with Crippen molar-refractivity contribution in [1.29, 1.82) is 0 Å². The van der Waals surface area contributed by atoms with Crippen LogP contribution in [0.2, 0.25) is 5.02 Å². The van der Waals surface area contributed by atoms with E-state index in [1.165, 1.54) is 0 Å². The molecule has 0 radical (unpaired) electrons. The molecule has 0 bridgehead atoms. The van der Waals surface area contributed by atoms with Crippen LogP contribution in [0.15, 0.2) is 42.5 Å². The highest BCUT2D eigenvalue weighted by Gasteiger charge is 2.24. The van der Waals surface area contributed by atoms with Gasteiger partial charge in [-0.25, -0.2) is 4.79 Å². The largest absolute Gasteiger partial charge is 0.492 e. The number of benzene rings is 2. The number of carbonyl (C=O) groups excluding carboxylic acids is 1.